The second-order valence-electron chi connectivity index (χ2n) is 4.97. The fourth-order valence-corrected chi connectivity index (χ4v) is 3.82. The van der Waals surface area contributed by atoms with Crippen molar-refractivity contribution >= 4 is 39.7 Å². The molecule has 0 saturated carbocycles. The fourth-order valence-electron chi connectivity index (χ4n) is 2.22. The summed E-state index contributed by atoms with van der Waals surface area (Å²) in [6.07, 6.45) is 1.61. The maximum absolute atomic E-state index is 12.3. The number of hydrogen-bond donors (Lipinski definition) is 2. The van der Waals surface area contributed by atoms with Crippen LogP contribution in [0.1, 0.15) is 18.4 Å². The van der Waals surface area contributed by atoms with Crippen molar-refractivity contribution in [3.8, 4) is 0 Å². The average Bonchev–Trinajstić information content (AvgIpc) is 2.41. The normalized spacial score (nSPS) is 18.5. The Bertz CT molecular complexity index is 661. The molecule has 0 unspecified atom stereocenters. The Morgan fingerprint density at radius 2 is 2.14 bits per heavy atom. The van der Waals surface area contributed by atoms with E-state index in [-0.39, 0.29) is 39.6 Å². The van der Waals surface area contributed by atoms with Crippen molar-refractivity contribution in [2.75, 3.05) is 13.1 Å². The van der Waals surface area contributed by atoms with Crippen molar-refractivity contribution in [2.45, 2.75) is 30.7 Å². The third-order valence-electron chi connectivity index (χ3n) is 3.42. The third kappa shape index (κ3) is 4.30. The number of hydrogen-bond acceptors (Lipinski definition) is 5. The number of benzene rings is 1. The lowest BCUT2D eigenvalue weighted by Crippen LogP contribution is -2.45. The molecule has 1 aliphatic rings. The highest BCUT2D eigenvalue weighted by Gasteiger charge is 2.25. The Labute approximate surface area is 140 Å². The molecule has 0 radical (unpaired) electrons. The van der Waals surface area contributed by atoms with E-state index in [1.807, 2.05) is 0 Å². The van der Waals surface area contributed by atoms with Crippen molar-refractivity contribution in [1.82, 2.24) is 10.0 Å². The molecule has 2 N–H and O–H groups in total. The predicted octanol–water partition coefficient (Wildman–Crippen LogP) is 2.01. The SMILES string of the molecule is Cc1c(Cl)cc(S(=O)(=O)N[C@@H]2CCCNC2)cc1[N+](=O)[O-].Cl. The van der Waals surface area contributed by atoms with Crippen LogP contribution >= 0.6 is 24.0 Å². The number of nitro benzene ring substituents is 1. The maximum Gasteiger partial charge on any atom is 0.275 e. The lowest BCUT2D eigenvalue weighted by Gasteiger charge is -2.23. The van der Waals surface area contributed by atoms with Crippen molar-refractivity contribution in [3.63, 3.8) is 0 Å². The van der Waals surface area contributed by atoms with Gasteiger partial charge in [0.15, 0.2) is 0 Å². The van der Waals surface area contributed by atoms with Crippen molar-refractivity contribution in [3.05, 3.63) is 32.8 Å². The van der Waals surface area contributed by atoms with Gasteiger partial charge in [0, 0.05) is 24.2 Å². The molecule has 22 heavy (non-hydrogen) atoms. The van der Waals surface area contributed by atoms with E-state index in [0.717, 1.165) is 25.5 Å². The summed E-state index contributed by atoms with van der Waals surface area (Å²) in [7, 11) is -3.83. The van der Waals surface area contributed by atoms with Gasteiger partial charge >= 0.3 is 0 Å². The molecule has 1 fully saturated rings. The van der Waals surface area contributed by atoms with Gasteiger partial charge in [-0.05, 0) is 32.4 Å². The molecule has 1 heterocycles. The van der Waals surface area contributed by atoms with Crippen LogP contribution in [0, 0.1) is 17.0 Å². The Morgan fingerprint density at radius 1 is 1.45 bits per heavy atom. The number of sulfonamides is 1. The van der Waals surface area contributed by atoms with Crippen LogP contribution in [0.2, 0.25) is 5.02 Å². The van der Waals surface area contributed by atoms with Crippen molar-refractivity contribution in [2.24, 2.45) is 0 Å². The van der Waals surface area contributed by atoms with Gasteiger partial charge < -0.3 is 5.32 Å². The minimum Gasteiger partial charge on any atom is -0.315 e. The molecule has 7 nitrogen and oxygen atoms in total. The zero-order valence-electron chi connectivity index (χ0n) is 11.8. The summed E-state index contributed by atoms with van der Waals surface area (Å²) < 4.78 is 27.2. The highest BCUT2D eigenvalue weighted by Crippen LogP contribution is 2.29. The van der Waals surface area contributed by atoms with E-state index in [1.54, 1.807) is 0 Å². The van der Waals surface area contributed by atoms with Crippen LogP contribution in [0.5, 0.6) is 0 Å². The first-order valence-corrected chi connectivity index (χ1v) is 8.35. The lowest BCUT2D eigenvalue weighted by atomic mass is 10.1. The molecule has 1 saturated heterocycles. The van der Waals surface area contributed by atoms with Crippen molar-refractivity contribution < 1.29 is 13.3 Å². The summed E-state index contributed by atoms with van der Waals surface area (Å²) in [5, 5.41) is 14.1. The Balaban J connectivity index is 0.00000242. The number of nitrogens with one attached hydrogen (secondary N) is 2. The van der Waals surface area contributed by atoms with E-state index in [1.165, 1.54) is 13.0 Å². The molecular formula is C12H17Cl2N3O4S. The quantitative estimate of drug-likeness (QED) is 0.624. The van der Waals surface area contributed by atoms with Crippen LogP contribution < -0.4 is 10.0 Å². The van der Waals surface area contributed by atoms with Gasteiger partial charge in [0.2, 0.25) is 10.0 Å². The lowest BCUT2D eigenvalue weighted by molar-refractivity contribution is -0.385. The van der Waals surface area contributed by atoms with Gasteiger partial charge in [-0.1, -0.05) is 11.6 Å². The number of nitro groups is 1. The standard InChI is InChI=1S/C12H16ClN3O4S.ClH/c1-8-11(13)5-10(6-12(8)16(17)18)21(19,20)15-9-3-2-4-14-7-9;/h5-6,9,14-15H,2-4,7H2,1H3;1H/t9-;/m1./s1. The Kier molecular flexibility index (Phi) is 6.57. The summed E-state index contributed by atoms with van der Waals surface area (Å²) in [6, 6.07) is 2.06. The van der Waals surface area contributed by atoms with Gasteiger partial charge in [-0.2, -0.15) is 0 Å². The molecule has 124 valence electrons. The number of piperidine rings is 1. The zero-order chi connectivity index (χ0) is 15.6. The molecule has 1 aliphatic heterocycles. The molecule has 0 aliphatic carbocycles. The van der Waals surface area contributed by atoms with Crippen LogP contribution in [0.15, 0.2) is 17.0 Å². The predicted molar refractivity (Wildman–Crippen MR) is 86.3 cm³/mol. The van der Waals surface area contributed by atoms with Crippen LogP contribution in [0.25, 0.3) is 0 Å². The summed E-state index contributed by atoms with van der Waals surface area (Å²) in [5.74, 6) is 0. The molecule has 10 heteroatoms. The third-order valence-corrected chi connectivity index (χ3v) is 5.31. The van der Waals surface area contributed by atoms with E-state index in [0.29, 0.717) is 6.54 Å². The fraction of sp³-hybridized carbons (Fsp3) is 0.500. The van der Waals surface area contributed by atoms with E-state index in [4.69, 9.17) is 11.6 Å². The average molecular weight is 370 g/mol. The largest absolute Gasteiger partial charge is 0.315 e. The van der Waals surface area contributed by atoms with Crippen LogP contribution in [0.3, 0.4) is 0 Å². The molecular weight excluding hydrogens is 353 g/mol. The van der Waals surface area contributed by atoms with E-state index < -0.39 is 14.9 Å². The Hall–Kier alpha value is -0.930. The zero-order valence-corrected chi connectivity index (χ0v) is 14.2. The van der Waals surface area contributed by atoms with Crippen LogP contribution in [-0.4, -0.2) is 32.5 Å². The first-order valence-electron chi connectivity index (χ1n) is 6.49. The minimum atomic E-state index is -3.83. The van der Waals surface area contributed by atoms with Gasteiger partial charge in [-0.3, -0.25) is 10.1 Å². The van der Waals surface area contributed by atoms with E-state index in [2.05, 4.69) is 10.0 Å². The molecule has 0 aromatic heterocycles. The van der Waals surface area contributed by atoms with Gasteiger partial charge in [-0.15, -0.1) is 12.4 Å². The van der Waals surface area contributed by atoms with Gasteiger partial charge in [0.1, 0.15) is 0 Å². The molecule has 1 aromatic rings. The first-order chi connectivity index (χ1) is 9.81. The highest BCUT2D eigenvalue weighted by molar-refractivity contribution is 7.89. The monoisotopic (exact) mass is 369 g/mol. The summed E-state index contributed by atoms with van der Waals surface area (Å²) in [6.45, 7) is 2.89. The Morgan fingerprint density at radius 3 is 2.68 bits per heavy atom. The van der Waals surface area contributed by atoms with Gasteiger partial charge in [0.05, 0.1) is 14.8 Å². The van der Waals surface area contributed by atoms with Gasteiger partial charge in [-0.25, -0.2) is 13.1 Å². The van der Waals surface area contributed by atoms with Crippen molar-refractivity contribution in [1.29, 1.82) is 0 Å². The summed E-state index contributed by atoms with van der Waals surface area (Å²) in [5.41, 5.74) is -0.0513. The number of halogens is 2. The highest BCUT2D eigenvalue weighted by atomic mass is 35.5. The summed E-state index contributed by atoms with van der Waals surface area (Å²) >= 11 is 5.90. The topological polar surface area (TPSA) is 101 Å². The second kappa shape index (κ2) is 7.56. The first kappa shape index (κ1) is 19.1. The smallest absolute Gasteiger partial charge is 0.275 e. The van der Waals surface area contributed by atoms with Crippen LogP contribution in [-0.2, 0) is 10.0 Å². The minimum absolute atomic E-state index is 0. The number of rotatable bonds is 4. The van der Waals surface area contributed by atoms with E-state index in [9.17, 15) is 18.5 Å². The molecule has 0 bridgehead atoms. The van der Waals surface area contributed by atoms with Crippen LogP contribution in [0.4, 0.5) is 5.69 Å². The second-order valence-corrected chi connectivity index (χ2v) is 7.09. The summed E-state index contributed by atoms with van der Waals surface area (Å²) in [4.78, 5) is 10.1. The molecule has 0 spiro atoms. The molecule has 0 amide bonds. The molecule has 1 aromatic carbocycles. The van der Waals surface area contributed by atoms with Gasteiger partial charge in [0.25, 0.3) is 5.69 Å². The van der Waals surface area contributed by atoms with E-state index >= 15 is 0 Å². The molecule has 2 rings (SSSR count). The maximum atomic E-state index is 12.3. The number of nitrogens with zero attached hydrogens (tertiary/aromatic N) is 1. The molecule has 1 atom stereocenters.